The summed E-state index contributed by atoms with van der Waals surface area (Å²) in [6.07, 6.45) is 6.09. The molecule has 0 spiro atoms. The Balaban J connectivity index is 1.71. The lowest BCUT2D eigenvalue weighted by Gasteiger charge is -2.46. The van der Waals surface area contributed by atoms with Crippen LogP contribution in [0.5, 0.6) is 0 Å². The summed E-state index contributed by atoms with van der Waals surface area (Å²) in [7, 11) is 0. The van der Waals surface area contributed by atoms with Crippen molar-refractivity contribution in [2.75, 3.05) is 0 Å². The molecule has 0 aliphatic heterocycles. The van der Waals surface area contributed by atoms with Crippen LogP contribution in [0.3, 0.4) is 0 Å². The topological polar surface area (TPSA) is 0 Å². The van der Waals surface area contributed by atoms with Gasteiger partial charge < -0.3 is 0 Å². The summed E-state index contributed by atoms with van der Waals surface area (Å²) >= 11 is 0. The van der Waals surface area contributed by atoms with Crippen LogP contribution in [0.25, 0.3) is 33.4 Å². The van der Waals surface area contributed by atoms with E-state index in [1.165, 1.54) is 83.8 Å². The molecule has 0 saturated carbocycles. The van der Waals surface area contributed by atoms with Crippen LogP contribution >= 0.6 is 0 Å². The van der Waals surface area contributed by atoms with Crippen LogP contribution in [0, 0.1) is 5.92 Å². The van der Waals surface area contributed by atoms with E-state index in [1.54, 1.807) is 0 Å². The van der Waals surface area contributed by atoms with E-state index < -0.39 is 5.41 Å². The highest BCUT2D eigenvalue weighted by Gasteiger charge is 2.49. The van der Waals surface area contributed by atoms with Gasteiger partial charge in [-0.1, -0.05) is 240 Å². The molecule has 0 aromatic heterocycles. The smallest absolute Gasteiger partial charge is 0.0601 e. The fourth-order valence-corrected chi connectivity index (χ4v) is 9.63. The molecule has 0 N–H and O–H groups in total. The quantitative estimate of drug-likeness (QED) is 0.0912. The number of aryl methyl sites for hydroxylation is 1. The Morgan fingerprint density at radius 1 is 0.373 bits per heavy atom. The second-order valence-electron chi connectivity index (χ2n) is 15.6. The van der Waals surface area contributed by atoms with E-state index >= 15 is 0 Å². The molecule has 0 atom stereocenters. The zero-order chi connectivity index (χ0) is 40.4. The Morgan fingerprint density at radius 2 is 0.763 bits per heavy atom. The van der Waals surface area contributed by atoms with Gasteiger partial charge in [0.15, 0.2) is 0 Å². The fraction of sp³-hybridized carbons (Fsp3) is 0.169. The minimum absolute atomic E-state index is 0.720. The van der Waals surface area contributed by atoms with E-state index in [1.807, 2.05) is 0 Å². The van der Waals surface area contributed by atoms with Gasteiger partial charge >= 0.3 is 0 Å². The maximum absolute atomic E-state index is 2.43. The van der Waals surface area contributed by atoms with Gasteiger partial charge in [0.05, 0.1) is 11.3 Å². The van der Waals surface area contributed by atoms with Gasteiger partial charge in [0.2, 0.25) is 0 Å². The molecule has 0 saturated heterocycles. The lowest BCUT2D eigenvalue weighted by molar-refractivity contribution is 0.665. The molecule has 0 bridgehead atoms. The number of unbranched alkanes of at least 4 members (excludes halogenated alkanes) is 1. The highest BCUT2D eigenvalue weighted by atomic mass is 14.5. The lowest BCUT2D eigenvalue weighted by Crippen LogP contribution is -2.39. The summed E-state index contributed by atoms with van der Waals surface area (Å²) in [6, 6.07) is 77.2. The summed E-state index contributed by atoms with van der Waals surface area (Å²) in [5.74, 6) is 1.33. The summed E-state index contributed by atoms with van der Waals surface area (Å²) in [4.78, 5) is 0. The molecule has 0 nitrogen and oxygen atoms in total. The minimum atomic E-state index is -0.720. The third kappa shape index (κ3) is 7.61. The van der Waals surface area contributed by atoms with Crippen LogP contribution in [0.2, 0.25) is 0 Å². The normalized spacial score (nSPS) is 11.5. The summed E-state index contributed by atoms with van der Waals surface area (Å²) in [6.45, 7) is 7.01. The molecule has 59 heavy (non-hydrogen) atoms. The van der Waals surface area contributed by atoms with Crippen LogP contribution < -0.4 is 0 Å². The van der Waals surface area contributed by atoms with E-state index in [0.717, 1.165) is 38.5 Å². The van der Waals surface area contributed by atoms with Crippen LogP contribution in [-0.4, -0.2) is 0 Å². The zero-order valence-corrected chi connectivity index (χ0v) is 34.9. The van der Waals surface area contributed by atoms with E-state index in [-0.39, 0.29) is 0 Å². The molecule has 8 aromatic carbocycles. The van der Waals surface area contributed by atoms with Crippen molar-refractivity contribution < 1.29 is 0 Å². The van der Waals surface area contributed by atoms with E-state index in [2.05, 4.69) is 227 Å². The van der Waals surface area contributed by atoms with Gasteiger partial charge in [0.25, 0.3) is 0 Å². The van der Waals surface area contributed by atoms with Crippen molar-refractivity contribution in [3.05, 3.63) is 257 Å². The van der Waals surface area contributed by atoms with Gasteiger partial charge in [0.1, 0.15) is 0 Å². The van der Waals surface area contributed by atoms with Crippen molar-refractivity contribution >= 4 is 0 Å². The number of hydrogen-bond donors (Lipinski definition) is 0. The second kappa shape index (κ2) is 18.6. The number of benzene rings is 8. The largest absolute Gasteiger partial charge is 0.0654 e. The van der Waals surface area contributed by atoms with Crippen LogP contribution in [0.15, 0.2) is 206 Å². The molecule has 0 heterocycles. The molecule has 0 aliphatic rings. The van der Waals surface area contributed by atoms with Crippen molar-refractivity contribution in [1.82, 2.24) is 0 Å². The van der Waals surface area contributed by atoms with Crippen LogP contribution in [0.1, 0.15) is 84.5 Å². The molecule has 0 fully saturated rings. The molecule has 8 aromatic rings. The highest BCUT2D eigenvalue weighted by Crippen LogP contribution is 2.58. The zero-order valence-electron chi connectivity index (χ0n) is 34.9. The predicted molar refractivity (Wildman–Crippen MR) is 252 cm³/mol. The Kier molecular flexibility index (Phi) is 12.5. The van der Waals surface area contributed by atoms with E-state index in [0.29, 0.717) is 0 Å². The van der Waals surface area contributed by atoms with Gasteiger partial charge in [-0.25, -0.2) is 0 Å². The molecule has 0 aliphatic carbocycles. The van der Waals surface area contributed by atoms with E-state index in [4.69, 9.17) is 0 Å². The molecular formula is C59H55. The van der Waals surface area contributed by atoms with Gasteiger partial charge in [-0.3, -0.25) is 0 Å². The van der Waals surface area contributed by atoms with Gasteiger partial charge in [-0.2, -0.15) is 0 Å². The molecule has 8 rings (SSSR count). The summed E-state index contributed by atoms with van der Waals surface area (Å²) in [5, 5.41) is 0. The van der Waals surface area contributed by atoms with Crippen molar-refractivity contribution in [2.24, 2.45) is 0 Å². The second-order valence-corrected chi connectivity index (χ2v) is 15.6. The monoisotopic (exact) mass is 763 g/mol. The summed E-state index contributed by atoms with van der Waals surface area (Å²) < 4.78 is 0. The Morgan fingerprint density at radius 3 is 1.19 bits per heavy atom. The fourth-order valence-electron chi connectivity index (χ4n) is 9.63. The minimum Gasteiger partial charge on any atom is -0.0654 e. The molecule has 0 unspecified atom stereocenters. The highest BCUT2D eigenvalue weighted by molar-refractivity contribution is 5.96. The van der Waals surface area contributed by atoms with Gasteiger partial charge in [0, 0.05) is 0 Å². The molecule has 1 radical (unpaired) electrons. The van der Waals surface area contributed by atoms with Crippen molar-refractivity contribution in [3.63, 3.8) is 0 Å². The SMILES string of the molecule is CCCCc1ccccc1[C](c1c(-c2ccccc2)c(CC)c(-c2ccccc2)c(CCC)c1-c1ccccc1)C(c1ccccc1)(c1ccccc1)c1ccccc1. The maximum atomic E-state index is 2.43. The van der Waals surface area contributed by atoms with Crippen molar-refractivity contribution in [2.45, 2.75) is 64.7 Å². The molecule has 0 heteroatoms. The lowest BCUT2D eigenvalue weighted by atomic mass is 9.55. The van der Waals surface area contributed by atoms with Crippen molar-refractivity contribution in [1.29, 1.82) is 0 Å². The first-order valence-corrected chi connectivity index (χ1v) is 21.7. The van der Waals surface area contributed by atoms with Crippen LogP contribution in [-0.2, 0) is 24.7 Å². The summed E-state index contributed by atoms with van der Waals surface area (Å²) in [5.41, 5.74) is 17.6. The number of hydrogen-bond acceptors (Lipinski definition) is 0. The van der Waals surface area contributed by atoms with Crippen molar-refractivity contribution in [3.8, 4) is 33.4 Å². The van der Waals surface area contributed by atoms with E-state index in [9.17, 15) is 0 Å². The Bertz CT molecular complexity index is 2440. The predicted octanol–water partition coefficient (Wildman–Crippen LogP) is 15.6. The van der Waals surface area contributed by atoms with Gasteiger partial charge in [-0.15, -0.1) is 0 Å². The standard InChI is InChI=1S/C59H55/c1-4-7-29-44-30-26-27-43-52(44)58(59(48-37-20-11-21-38-48,49-39-22-12-23-40-49)50-41-24-13-25-42-50)57-55(46-33-16-9-17-34-46)51(6-3)54(45-31-14-8-15-32-45)53(28-5-2)56(57)47-35-18-10-19-36-47/h8-27,30-43H,4-7,28-29H2,1-3H3. The van der Waals surface area contributed by atoms with Gasteiger partial charge in [-0.05, 0) is 104 Å². The molecule has 0 amide bonds. The first kappa shape index (κ1) is 39.6. The van der Waals surface area contributed by atoms with Crippen LogP contribution in [0.4, 0.5) is 0 Å². The molecule has 291 valence electrons. The average molecular weight is 764 g/mol. The Hall–Kier alpha value is -6.24. The Labute approximate surface area is 353 Å². The molecular weight excluding hydrogens is 709 g/mol. The third-order valence-electron chi connectivity index (χ3n) is 12.1. The first-order chi connectivity index (χ1) is 29.2. The average Bonchev–Trinajstić information content (AvgIpc) is 3.31. The maximum Gasteiger partial charge on any atom is 0.0601 e. The first-order valence-electron chi connectivity index (χ1n) is 21.7. The number of rotatable bonds is 15. The third-order valence-corrected chi connectivity index (χ3v) is 12.1.